The van der Waals surface area contributed by atoms with Crippen molar-refractivity contribution in [3.63, 3.8) is 0 Å². The average molecular weight is 741 g/mol. The Bertz CT molecular complexity index is 1480. The first-order valence-electron chi connectivity index (χ1n) is 15.4. The van der Waals surface area contributed by atoms with Crippen LogP contribution < -0.4 is 0 Å². The molecule has 2 aliphatic carbocycles. The summed E-state index contributed by atoms with van der Waals surface area (Å²) < 4.78 is 1.88. The van der Waals surface area contributed by atoms with Crippen molar-refractivity contribution in [3.05, 3.63) is 89.9 Å². The Balaban J connectivity index is 0.00000353. The fraction of sp³-hybridized carbons (Fsp3) is 0.500. The number of para-hydroxylation sites is 1. The summed E-state index contributed by atoms with van der Waals surface area (Å²) in [5, 5.41) is 4.92. The second-order valence-electron chi connectivity index (χ2n) is 13.7. The van der Waals surface area contributed by atoms with E-state index in [4.69, 9.17) is 20.1 Å². The van der Waals surface area contributed by atoms with Crippen LogP contribution in [0.1, 0.15) is 115 Å². The minimum absolute atomic E-state index is 0. The van der Waals surface area contributed by atoms with Gasteiger partial charge in [-0.3, -0.25) is 14.6 Å². The molecule has 0 radical (unpaired) electrons. The van der Waals surface area contributed by atoms with Crippen LogP contribution >= 0.6 is 0 Å². The zero-order valence-corrected chi connectivity index (χ0v) is 28.0. The molecule has 1 unspecified atom stereocenters. The van der Waals surface area contributed by atoms with Crippen molar-refractivity contribution in [1.29, 1.82) is 0 Å². The Morgan fingerprint density at radius 2 is 1.67 bits per heavy atom. The maximum absolute atomic E-state index is 5.32. The van der Waals surface area contributed by atoms with Crippen LogP contribution in [0.25, 0.3) is 16.9 Å². The topological polar surface area (TPSA) is 56.5 Å². The molecule has 0 amide bonds. The number of hydrogen-bond donors (Lipinski definition) is 0. The van der Waals surface area contributed by atoms with E-state index in [1.807, 2.05) is 47.5 Å². The summed E-state index contributed by atoms with van der Waals surface area (Å²) in [6.07, 6.45) is 17.2. The van der Waals surface area contributed by atoms with Gasteiger partial charge in [-0.05, 0) is 80.1 Å². The molecule has 0 N–H and O–H groups in total. The number of rotatable bonds is 8. The quantitative estimate of drug-likeness (QED) is 0.170. The Morgan fingerprint density at radius 3 is 2.33 bits per heavy atom. The van der Waals surface area contributed by atoms with Gasteiger partial charge in [0, 0.05) is 23.8 Å². The van der Waals surface area contributed by atoms with Gasteiger partial charge in [-0.15, -0.1) is 23.8 Å². The summed E-state index contributed by atoms with van der Waals surface area (Å²) in [5.74, 6) is 0.417. The monoisotopic (exact) mass is 740 g/mol. The second-order valence-corrected chi connectivity index (χ2v) is 13.7. The zero-order valence-electron chi connectivity index (χ0n) is 25.7. The predicted octanol–water partition coefficient (Wildman–Crippen LogP) is 8.45. The van der Waals surface area contributed by atoms with E-state index < -0.39 is 5.41 Å². The molecule has 222 valence electrons. The van der Waals surface area contributed by atoms with E-state index in [0.29, 0.717) is 11.3 Å². The number of aromatic nitrogens is 5. The second kappa shape index (κ2) is 12.2. The molecule has 3 aromatic heterocycles. The molecule has 0 spiro atoms. The molecule has 6 rings (SSSR count). The number of nitrogens with zero attached hydrogens (tertiary/aromatic N) is 5. The predicted molar refractivity (Wildman–Crippen MR) is 164 cm³/mol. The van der Waals surface area contributed by atoms with Crippen LogP contribution in [0, 0.1) is 23.0 Å². The number of benzene rings is 1. The van der Waals surface area contributed by atoms with Gasteiger partial charge in [0.1, 0.15) is 0 Å². The molecule has 2 fully saturated rings. The molecular weight excluding hydrogens is 698 g/mol. The molecule has 0 saturated heterocycles. The first-order valence-corrected chi connectivity index (χ1v) is 15.4. The molecule has 4 aromatic rings. The van der Waals surface area contributed by atoms with Gasteiger partial charge in [0.25, 0.3) is 0 Å². The first kappa shape index (κ1) is 30.8. The Hall–Kier alpha value is -2.65. The van der Waals surface area contributed by atoms with Crippen LogP contribution in [0.4, 0.5) is 0 Å². The minimum Gasteiger partial charge on any atom is -0.356 e. The summed E-state index contributed by atoms with van der Waals surface area (Å²) in [5.41, 5.74) is 6.97. The van der Waals surface area contributed by atoms with E-state index in [2.05, 4.69) is 58.9 Å². The van der Waals surface area contributed by atoms with Crippen molar-refractivity contribution in [2.24, 2.45) is 10.8 Å². The molecule has 1 aromatic carbocycles. The molecule has 1 atom stereocenters. The number of pyridine rings is 1. The maximum Gasteiger partial charge on any atom is 2.00 e. The molecule has 0 aliphatic heterocycles. The summed E-state index contributed by atoms with van der Waals surface area (Å²) >= 11 is 0. The van der Waals surface area contributed by atoms with E-state index >= 15 is 0 Å². The Labute approximate surface area is 266 Å². The first-order chi connectivity index (χ1) is 19.7. The normalized spacial score (nSPS) is 18.5. The fourth-order valence-corrected chi connectivity index (χ4v) is 7.02. The molecule has 6 heteroatoms. The standard InChI is InChI=1S/C36H43N5.Pt/c1-26(36(5)20-11-12-21-36)29-16-15-27(24-37-29)33-30(23-35(4)18-9-10-19-35)38-25-32(39-33)34(2,3)31-17-22-41(40-31)28-13-7-6-8-14-28;/h6-8,13,16-17,22,24-26H,9-12,18-21,23H2,1-5H3;/q-2;+2. The van der Waals surface area contributed by atoms with Gasteiger partial charge in [0.2, 0.25) is 0 Å². The van der Waals surface area contributed by atoms with E-state index in [1.54, 1.807) is 0 Å². The SMILES string of the molecule is CC(c1c[c-]c(-c2nc(C(C)(C)c3ccn(-c4[c-]cccc4)n3)cnc2CC2(C)CCCC2)cn1)C1(C)CCCC1.[Pt+2]. The smallest absolute Gasteiger partial charge is 0.356 e. The van der Waals surface area contributed by atoms with Gasteiger partial charge < -0.3 is 4.98 Å². The third-order valence-electron chi connectivity index (χ3n) is 10.3. The largest absolute Gasteiger partial charge is 2.00 e. The summed E-state index contributed by atoms with van der Waals surface area (Å²) in [7, 11) is 0. The van der Waals surface area contributed by atoms with Crippen LogP contribution in [0.2, 0.25) is 0 Å². The minimum atomic E-state index is -0.434. The van der Waals surface area contributed by atoms with Gasteiger partial charge in [-0.25, -0.2) is 0 Å². The third-order valence-corrected chi connectivity index (χ3v) is 10.3. The molecule has 2 aliphatic rings. The van der Waals surface area contributed by atoms with Crippen molar-refractivity contribution < 1.29 is 21.1 Å². The Morgan fingerprint density at radius 1 is 0.929 bits per heavy atom. The van der Waals surface area contributed by atoms with E-state index in [0.717, 1.165) is 46.1 Å². The van der Waals surface area contributed by atoms with Crippen LogP contribution in [0.5, 0.6) is 0 Å². The van der Waals surface area contributed by atoms with E-state index in [9.17, 15) is 0 Å². The summed E-state index contributed by atoms with van der Waals surface area (Å²) in [6.45, 7) is 11.5. The van der Waals surface area contributed by atoms with Crippen LogP contribution in [0.3, 0.4) is 0 Å². The van der Waals surface area contributed by atoms with E-state index in [1.165, 1.54) is 51.4 Å². The van der Waals surface area contributed by atoms with Crippen LogP contribution in [0.15, 0.2) is 55.0 Å². The van der Waals surface area contributed by atoms with Crippen LogP contribution in [-0.2, 0) is 32.9 Å². The molecule has 2 saturated carbocycles. The molecular formula is C36H43N5Pt. The van der Waals surface area contributed by atoms with Gasteiger partial charge in [-0.1, -0.05) is 52.7 Å². The van der Waals surface area contributed by atoms with E-state index in [-0.39, 0.29) is 26.5 Å². The third kappa shape index (κ3) is 6.05. The summed E-state index contributed by atoms with van der Waals surface area (Å²) in [6, 6.07) is 19.0. The summed E-state index contributed by atoms with van der Waals surface area (Å²) in [4.78, 5) is 15.4. The van der Waals surface area contributed by atoms with Gasteiger partial charge in [0.15, 0.2) is 0 Å². The fourth-order valence-electron chi connectivity index (χ4n) is 7.02. The zero-order chi connectivity index (χ0) is 28.7. The molecule has 0 bridgehead atoms. The van der Waals surface area contributed by atoms with Crippen LogP contribution in [-0.4, -0.2) is 24.7 Å². The van der Waals surface area contributed by atoms with Gasteiger partial charge in [0.05, 0.1) is 16.8 Å². The maximum atomic E-state index is 5.32. The van der Waals surface area contributed by atoms with Crippen molar-refractivity contribution >= 4 is 0 Å². The van der Waals surface area contributed by atoms with Crippen molar-refractivity contribution in [2.45, 2.75) is 104 Å². The number of hydrogen-bond acceptors (Lipinski definition) is 4. The molecule has 5 nitrogen and oxygen atoms in total. The van der Waals surface area contributed by atoms with Gasteiger partial charge in [-0.2, -0.15) is 29.4 Å². The average Bonchev–Trinajstić information content (AvgIpc) is 3.76. The van der Waals surface area contributed by atoms with Crippen molar-refractivity contribution in [2.75, 3.05) is 0 Å². The van der Waals surface area contributed by atoms with Crippen molar-refractivity contribution in [3.8, 4) is 16.9 Å². The Kier molecular flexibility index (Phi) is 8.91. The molecule has 42 heavy (non-hydrogen) atoms. The van der Waals surface area contributed by atoms with Crippen molar-refractivity contribution in [1.82, 2.24) is 24.7 Å². The van der Waals surface area contributed by atoms with Gasteiger partial charge >= 0.3 is 21.1 Å². The molecule has 3 heterocycles.